The van der Waals surface area contributed by atoms with E-state index < -0.39 is 0 Å². The number of nitrogens with one attached hydrogen (secondary N) is 2. The first-order valence-corrected chi connectivity index (χ1v) is 9.66. The molecule has 0 spiro atoms. The number of nitrogens with zero attached hydrogens (tertiary/aromatic N) is 1. The number of thiophene rings is 1. The van der Waals surface area contributed by atoms with Crippen molar-refractivity contribution in [3.8, 4) is 0 Å². The summed E-state index contributed by atoms with van der Waals surface area (Å²) in [6.45, 7) is 4.89. The lowest BCUT2D eigenvalue weighted by molar-refractivity contribution is -0.140. The molecule has 136 valence electrons. The number of rotatable bonds is 6. The summed E-state index contributed by atoms with van der Waals surface area (Å²) >= 11 is 1.66. The van der Waals surface area contributed by atoms with Crippen LogP contribution in [0.3, 0.4) is 0 Å². The van der Waals surface area contributed by atoms with Crippen LogP contribution in [0.15, 0.2) is 4.79 Å². The van der Waals surface area contributed by atoms with Gasteiger partial charge in [-0.3, -0.25) is 9.59 Å². The molecule has 2 N–H and O–H groups in total. The molecular weight excluding hydrogens is 338 g/mol. The molecular formula is C18H25N3O3S. The van der Waals surface area contributed by atoms with E-state index in [1.165, 1.54) is 17.6 Å². The molecule has 1 aliphatic carbocycles. The van der Waals surface area contributed by atoms with Gasteiger partial charge in [0.25, 0.3) is 5.56 Å². The second-order valence-electron chi connectivity index (χ2n) is 6.84. The van der Waals surface area contributed by atoms with E-state index in [9.17, 15) is 9.59 Å². The molecule has 0 radical (unpaired) electrons. The van der Waals surface area contributed by atoms with Crippen molar-refractivity contribution in [1.82, 2.24) is 15.3 Å². The number of carbonyl (C=O) groups excluding carboxylic acids is 1. The average Bonchev–Trinajstić information content (AvgIpc) is 2.95. The van der Waals surface area contributed by atoms with Crippen LogP contribution in [0.2, 0.25) is 0 Å². The van der Waals surface area contributed by atoms with Gasteiger partial charge in [0, 0.05) is 11.3 Å². The minimum absolute atomic E-state index is 0.0322. The molecule has 0 amide bonds. The van der Waals surface area contributed by atoms with E-state index in [4.69, 9.17) is 4.98 Å². The first-order chi connectivity index (χ1) is 12.0. The Morgan fingerprint density at radius 3 is 3.08 bits per heavy atom. The minimum Gasteiger partial charge on any atom is -0.469 e. The Balaban J connectivity index is 1.74. The Labute approximate surface area is 151 Å². The van der Waals surface area contributed by atoms with E-state index in [2.05, 4.69) is 22.0 Å². The van der Waals surface area contributed by atoms with E-state index >= 15 is 0 Å². The molecule has 1 aliphatic rings. The molecule has 7 heteroatoms. The van der Waals surface area contributed by atoms with Gasteiger partial charge in [0.15, 0.2) is 0 Å². The average molecular weight is 363 g/mol. The van der Waals surface area contributed by atoms with Crippen LogP contribution in [-0.2, 0) is 22.4 Å². The number of fused-ring (bicyclic) bond motifs is 3. The molecule has 0 saturated carbocycles. The van der Waals surface area contributed by atoms with Crippen molar-refractivity contribution in [3.05, 3.63) is 26.6 Å². The molecule has 0 bridgehead atoms. The summed E-state index contributed by atoms with van der Waals surface area (Å²) in [6.07, 6.45) is 4.23. The number of ether oxygens (including phenoxy) is 1. The van der Waals surface area contributed by atoms with Crippen LogP contribution in [0, 0.1) is 5.92 Å². The third-order valence-electron chi connectivity index (χ3n) is 4.83. The maximum absolute atomic E-state index is 12.6. The fourth-order valence-corrected chi connectivity index (χ4v) is 4.71. The van der Waals surface area contributed by atoms with Crippen molar-refractivity contribution < 1.29 is 9.53 Å². The number of methoxy groups -OCH3 is 1. The van der Waals surface area contributed by atoms with Crippen molar-refractivity contribution in [1.29, 1.82) is 0 Å². The number of aromatic nitrogens is 2. The number of hydrogen-bond acceptors (Lipinski definition) is 6. The van der Waals surface area contributed by atoms with Crippen LogP contribution in [0.4, 0.5) is 0 Å². The summed E-state index contributed by atoms with van der Waals surface area (Å²) < 4.78 is 4.63. The van der Waals surface area contributed by atoms with Crippen LogP contribution in [0.5, 0.6) is 0 Å². The highest BCUT2D eigenvalue weighted by atomic mass is 32.1. The first-order valence-electron chi connectivity index (χ1n) is 8.84. The quantitative estimate of drug-likeness (QED) is 0.609. The molecule has 0 aromatic carbocycles. The largest absolute Gasteiger partial charge is 0.469 e. The monoisotopic (exact) mass is 363 g/mol. The van der Waals surface area contributed by atoms with E-state index in [-0.39, 0.29) is 17.6 Å². The van der Waals surface area contributed by atoms with Gasteiger partial charge in [0.2, 0.25) is 0 Å². The smallest absolute Gasteiger partial charge is 0.305 e. The molecule has 2 aromatic rings. The molecule has 6 nitrogen and oxygen atoms in total. The molecule has 2 heterocycles. The highest BCUT2D eigenvalue weighted by Gasteiger charge is 2.23. The van der Waals surface area contributed by atoms with Crippen molar-refractivity contribution >= 4 is 27.5 Å². The van der Waals surface area contributed by atoms with Gasteiger partial charge in [-0.25, -0.2) is 4.98 Å². The van der Waals surface area contributed by atoms with Crippen LogP contribution in [0.1, 0.15) is 55.4 Å². The van der Waals surface area contributed by atoms with E-state index in [1.54, 1.807) is 11.3 Å². The summed E-state index contributed by atoms with van der Waals surface area (Å²) in [5.41, 5.74) is 1.17. The van der Waals surface area contributed by atoms with Crippen molar-refractivity contribution in [3.63, 3.8) is 0 Å². The van der Waals surface area contributed by atoms with Crippen LogP contribution in [0.25, 0.3) is 10.2 Å². The first kappa shape index (κ1) is 18.1. The molecule has 0 saturated heterocycles. The highest BCUT2D eigenvalue weighted by molar-refractivity contribution is 7.18. The second kappa shape index (κ2) is 7.66. The SMILES string of the molecule is COC(=O)CCCN[C@@H](C)c1nc2sc3c(c2c(=O)[nH]1)CC[C@H](C)C3. The van der Waals surface area contributed by atoms with Crippen LogP contribution in [-0.4, -0.2) is 29.6 Å². The zero-order valence-corrected chi connectivity index (χ0v) is 15.8. The van der Waals surface area contributed by atoms with Gasteiger partial charge in [-0.15, -0.1) is 11.3 Å². The fourth-order valence-electron chi connectivity index (χ4n) is 3.32. The predicted octanol–water partition coefficient (Wildman–Crippen LogP) is 2.71. The van der Waals surface area contributed by atoms with E-state index in [1.807, 2.05) is 6.92 Å². The zero-order chi connectivity index (χ0) is 18.0. The van der Waals surface area contributed by atoms with Crippen molar-refractivity contribution in [2.45, 2.75) is 52.0 Å². The lowest BCUT2D eigenvalue weighted by atomic mass is 9.89. The molecule has 0 fully saturated rings. The highest BCUT2D eigenvalue weighted by Crippen LogP contribution is 2.35. The lowest BCUT2D eigenvalue weighted by Crippen LogP contribution is -2.25. The number of esters is 1. The Kier molecular flexibility index (Phi) is 5.54. The standard InChI is InChI=1S/C18H25N3O3S/c1-10-6-7-12-13(9-10)25-18-15(12)17(23)20-16(21-18)11(2)19-8-4-5-14(22)24-3/h10-11,19H,4-9H2,1-3H3,(H,20,21,23)/t10-,11-/m0/s1. The van der Waals surface area contributed by atoms with Gasteiger partial charge in [0.1, 0.15) is 10.7 Å². The number of H-pyrrole nitrogens is 1. The topological polar surface area (TPSA) is 84.1 Å². The van der Waals surface area contributed by atoms with Crippen molar-refractivity contribution in [2.75, 3.05) is 13.7 Å². The number of aryl methyl sites for hydroxylation is 1. The minimum atomic E-state index is -0.208. The summed E-state index contributed by atoms with van der Waals surface area (Å²) in [6, 6.07) is -0.0761. The van der Waals surface area contributed by atoms with Crippen LogP contribution < -0.4 is 10.9 Å². The third kappa shape index (κ3) is 3.93. The van der Waals surface area contributed by atoms with Gasteiger partial charge in [-0.2, -0.15) is 0 Å². The van der Waals surface area contributed by atoms with Gasteiger partial charge >= 0.3 is 5.97 Å². The maximum atomic E-state index is 12.6. The summed E-state index contributed by atoms with van der Waals surface area (Å²) in [7, 11) is 1.39. The van der Waals surface area contributed by atoms with Crippen molar-refractivity contribution in [2.24, 2.45) is 5.92 Å². The molecule has 0 aliphatic heterocycles. The normalized spacial score (nSPS) is 18.1. The predicted molar refractivity (Wildman–Crippen MR) is 99.1 cm³/mol. The summed E-state index contributed by atoms with van der Waals surface area (Å²) in [5, 5.41) is 4.09. The lowest BCUT2D eigenvalue weighted by Gasteiger charge is -2.17. The summed E-state index contributed by atoms with van der Waals surface area (Å²) in [4.78, 5) is 33.5. The Morgan fingerprint density at radius 2 is 2.32 bits per heavy atom. The third-order valence-corrected chi connectivity index (χ3v) is 5.98. The fraction of sp³-hybridized carbons (Fsp3) is 0.611. The second-order valence-corrected chi connectivity index (χ2v) is 7.92. The number of aromatic amines is 1. The van der Waals surface area contributed by atoms with Gasteiger partial charge < -0.3 is 15.0 Å². The van der Waals surface area contributed by atoms with E-state index in [0.717, 1.165) is 29.5 Å². The number of carbonyl (C=O) groups is 1. The molecule has 0 unspecified atom stereocenters. The van der Waals surface area contributed by atoms with Gasteiger partial charge in [0.05, 0.1) is 18.5 Å². The Bertz CT molecular complexity index is 827. The molecule has 2 aromatic heterocycles. The zero-order valence-electron chi connectivity index (χ0n) is 15.0. The maximum Gasteiger partial charge on any atom is 0.305 e. The van der Waals surface area contributed by atoms with Gasteiger partial charge in [-0.1, -0.05) is 6.92 Å². The molecule has 25 heavy (non-hydrogen) atoms. The van der Waals surface area contributed by atoms with E-state index in [0.29, 0.717) is 31.1 Å². The van der Waals surface area contributed by atoms with Crippen LogP contribution >= 0.6 is 11.3 Å². The summed E-state index contributed by atoms with van der Waals surface area (Å²) in [5.74, 6) is 1.12. The molecule has 2 atom stereocenters. The Morgan fingerprint density at radius 1 is 1.52 bits per heavy atom. The molecule has 3 rings (SSSR count). The van der Waals surface area contributed by atoms with Gasteiger partial charge in [-0.05, 0) is 50.6 Å². The number of hydrogen-bond donors (Lipinski definition) is 2. The Hall–Kier alpha value is -1.73.